The van der Waals surface area contributed by atoms with E-state index in [-0.39, 0.29) is 0 Å². The molecule has 0 unspecified atom stereocenters. The maximum absolute atomic E-state index is 6.29. The average Bonchev–Trinajstić information content (AvgIpc) is 3.19. The summed E-state index contributed by atoms with van der Waals surface area (Å²) < 4.78 is 2.85. The molecule has 0 saturated heterocycles. The first-order valence-corrected chi connectivity index (χ1v) is 7.53. The summed E-state index contributed by atoms with van der Waals surface area (Å²) in [5.41, 5.74) is 7.79. The maximum Gasteiger partial charge on any atom is 0.132 e. The molecule has 0 amide bonds. The molecule has 0 atom stereocenters. The van der Waals surface area contributed by atoms with Gasteiger partial charge in [-0.2, -0.15) is 0 Å². The van der Waals surface area contributed by atoms with Gasteiger partial charge in [0.25, 0.3) is 0 Å². The molecule has 1 saturated carbocycles. The van der Waals surface area contributed by atoms with Crippen LogP contribution in [0.25, 0.3) is 11.3 Å². The highest BCUT2D eigenvalue weighted by atomic mass is 79.9. The minimum atomic E-state index is 0.443. The summed E-state index contributed by atoms with van der Waals surface area (Å²) in [6.45, 7) is 0.443. The first kappa shape index (κ1) is 13.5. The van der Waals surface area contributed by atoms with Gasteiger partial charge in [0.1, 0.15) is 17.3 Å². The number of nitrogen functional groups attached to an aromatic ring is 1. The number of hydrogen-bond acceptors (Lipinski definition) is 2. The second-order valence-electron chi connectivity index (χ2n) is 4.89. The van der Waals surface area contributed by atoms with E-state index in [1.54, 1.807) is 0 Å². The third-order valence-electron chi connectivity index (χ3n) is 3.41. The summed E-state index contributed by atoms with van der Waals surface area (Å²) in [5, 5.41) is 0.624. The topological polar surface area (TPSA) is 43.8 Å². The standard InChI is InChI=1S/C15H13BrClN3/c1-2-7-20-14(18)13(19-15(20)9-3-4-9)11-6-5-10(16)8-12(11)17/h1,5-6,8-9H,3-4,7,18H2. The van der Waals surface area contributed by atoms with Crippen molar-refractivity contribution < 1.29 is 0 Å². The van der Waals surface area contributed by atoms with E-state index >= 15 is 0 Å². The van der Waals surface area contributed by atoms with Crippen molar-refractivity contribution in [1.82, 2.24) is 9.55 Å². The van der Waals surface area contributed by atoms with E-state index in [1.807, 2.05) is 22.8 Å². The van der Waals surface area contributed by atoms with Crippen LogP contribution in [0.4, 0.5) is 5.82 Å². The zero-order chi connectivity index (χ0) is 14.3. The minimum Gasteiger partial charge on any atom is -0.383 e. The number of imidazole rings is 1. The molecule has 2 aromatic rings. The van der Waals surface area contributed by atoms with Crippen molar-refractivity contribution >= 4 is 33.3 Å². The van der Waals surface area contributed by atoms with Gasteiger partial charge in [0.05, 0.1) is 11.6 Å². The van der Waals surface area contributed by atoms with Crippen LogP contribution in [0.3, 0.4) is 0 Å². The van der Waals surface area contributed by atoms with Crippen LogP contribution in [-0.4, -0.2) is 9.55 Å². The molecule has 0 spiro atoms. The second-order valence-corrected chi connectivity index (χ2v) is 6.22. The van der Waals surface area contributed by atoms with Crippen LogP contribution in [0.5, 0.6) is 0 Å². The molecule has 20 heavy (non-hydrogen) atoms. The van der Waals surface area contributed by atoms with E-state index in [0.29, 0.717) is 23.3 Å². The Morgan fingerprint density at radius 3 is 2.85 bits per heavy atom. The Bertz CT molecular complexity index is 711. The molecule has 5 heteroatoms. The minimum absolute atomic E-state index is 0.443. The van der Waals surface area contributed by atoms with Crippen molar-refractivity contribution in [3.05, 3.63) is 33.5 Å². The number of anilines is 1. The van der Waals surface area contributed by atoms with Gasteiger partial charge in [-0.1, -0.05) is 39.5 Å². The van der Waals surface area contributed by atoms with E-state index in [4.69, 9.17) is 28.7 Å². The summed E-state index contributed by atoms with van der Waals surface area (Å²) in [4.78, 5) is 4.69. The lowest BCUT2D eigenvalue weighted by molar-refractivity contribution is 0.762. The third kappa shape index (κ3) is 2.32. The van der Waals surface area contributed by atoms with Crippen LogP contribution >= 0.6 is 27.5 Å². The molecular formula is C15H13BrClN3. The van der Waals surface area contributed by atoms with Gasteiger partial charge in [0, 0.05) is 16.0 Å². The highest BCUT2D eigenvalue weighted by Gasteiger charge is 2.31. The van der Waals surface area contributed by atoms with Crippen molar-refractivity contribution in [2.24, 2.45) is 0 Å². The SMILES string of the molecule is C#CCn1c(C2CC2)nc(-c2ccc(Br)cc2Cl)c1N. The van der Waals surface area contributed by atoms with Gasteiger partial charge in [-0.25, -0.2) is 4.98 Å². The smallest absolute Gasteiger partial charge is 0.132 e. The van der Waals surface area contributed by atoms with Crippen LogP contribution in [0.15, 0.2) is 22.7 Å². The van der Waals surface area contributed by atoms with Gasteiger partial charge >= 0.3 is 0 Å². The first-order valence-electron chi connectivity index (χ1n) is 6.36. The van der Waals surface area contributed by atoms with E-state index in [0.717, 1.165) is 34.4 Å². The Hall–Kier alpha value is -1.44. The van der Waals surface area contributed by atoms with Crippen LogP contribution in [0.2, 0.25) is 5.02 Å². The molecule has 102 valence electrons. The third-order valence-corrected chi connectivity index (χ3v) is 4.22. The van der Waals surface area contributed by atoms with E-state index in [2.05, 4.69) is 21.9 Å². The molecule has 0 radical (unpaired) electrons. The molecule has 2 N–H and O–H groups in total. The maximum atomic E-state index is 6.29. The van der Waals surface area contributed by atoms with Crippen molar-refractivity contribution in [2.75, 3.05) is 5.73 Å². The van der Waals surface area contributed by atoms with Crippen LogP contribution in [-0.2, 0) is 6.54 Å². The predicted molar refractivity (Wildman–Crippen MR) is 85.6 cm³/mol. The highest BCUT2D eigenvalue weighted by Crippen LogP contribution is 2.43. The average molecular weight is 351 g/mol. The fraction of sp³-hybridized carbons (Fsp3) is 0.267. The number of nitrogens with two attached hydrogens (primary N) is 1. The molecule has 1 aliphatic rings. The Kier molecular flexibility index (Phi) is 3.49. The van der Waals surface area contributed by atoms with Crippen molar-refractivity contribution in [2.45, 2.75) is 25.3 Å². The number of benzene rings is 1. The molecule has 3 rings (SSSR count). The van der Waals surface area contributed by atoms with E-state index in [1.165, 1.54) is 0 Å². The first-order chi connectivity index (χ1) is 9.61. The lowest BCUT2D eigenvalue weighted by atomic mass is 10.1. The normalized spacial score (nSPS) is 14.2. The van der Waals surface area contributed by atoms with Crippen LogP contribution < -0.4 is 5.73 Å². The lowest BCUT2D eigenvalue weighted by Crippen LogP contribution is -2.05. The lowest BCUT2D eigenvalue weighted by Gasteiger charge is -2.05. The molecular weight excluding hydrogens is 338 g/mol. The zero-order valence-electron chi connectivity index (χ0n) is 10.7. The summed E-state index contributed by atoms with van der Waals surface area (Å²) >= 11 is 9.69. The fourth-order valence-corrected chi connectivity index (χ4v) is 3.04. The van der Waals surface area contributed by atoms with Crippen molar-refractivity contribution in [1.29, 1.82) is 0 Å². The number of rotatable bonds is 3. The van der Waals surface area contributed by atoms with E-state index < -0.39 is 0 Å². The molecule has 3 nitrogen and oxygen atoms in total. The molecule has 1 aromatic heterocycles. The Labute approximate surface area is 131 Å². The van der Waals surface area contributed by atoms with Gasteiger partial charge in [-0.3, -0.25) is 0 Å². The predicted octanol–water partition coefficient (Wildman–Crippen LogP) is 4.06. The summed E-state index contributed by atoms with van der Waals surface area (Å²) in [6, 6.07) is 5.69. The second kappa shape index (κ2) is 5.16. The van der Waals surface area contributed by atoms with Crippen molar-refractivity contribution in [3.63, 3.8) is 0 Å². The fourth-order valence-electron chi connectivity index (χ4n) is 2.27. The van der Waals surface area contributed by atoms with Crippen molar-refractivity contribution in [3.8, 4) is 23.6 Å². The quantitative estimate of drug-likeness (QED) is 0.848. The van der Waals surface area contributed by atoms with Gasteiger partial charge in [-0.15, -0.1) is 6.42 Å². The Morgan fingerprint density at radius 1 is 1.50 bits per heavy atom. The van der Waals surface area contributed by atoms with Crippen LogP contribution in [0.1, 0.15) is 24.6 Å². The zero-order valence-corrected chi connectivity index (χ0v) is 13.1. The number of hydrogen-bond donors (Lipinski definition) is 1. The monoisotopic (exact) mass is 349 g/mol. The number of halogens is 2. The van der Waals surface area contributed by atoms with Gasteiger partial charge in [-0.05, 0) is 25.0 Å². The largest absolute Gasteiger partial charge is 0.383 e. The number of nitrogens with zero attached hydrogens (tertiary/aromatic N) is 2. The molecule has 1 aliphatic carbocycles. The molecule has 1 fully saturated rings. The summed E-state index contributed by atoms with van der Waals surface area (Å²) in [7, 11) is 0. The summed E-state index contributed by atoms with van der Waals surface area (Å²) in [6.07, 6.45) is 7.72. The molecule has 1 aromatic carbocycles. The molecule has 0 aliphatic heterocycles. The summed E-state index contributed by atoms with van der Waals surface area (Å²) in [5.74, 6) is 4.69. The molecule has 0 bridgehead atoms. The number of aromatic nitrogens is 2. The molecule has 1 heterocycles. The van der Waals surface area contributed by atoms with Gasteiger partial charge in [0.2, 0.25) is 0 Å². The Morgan fingerprint density at radius 2 is 2.25 bits per heavy atom. The van der Waals surface area contributed by atoms with Crippen LogP contribution in [0, 0.1) is 12.3 Å². The highest BCUT2D eigenvalue weighted by molar-refractivity contribution is 9.10. The van der Waals surface area contributed by atoms with Gasteiger partial charge < -0.3 is 10.3 Å². The van der Waals surface area contributed by atoms with Gasteiger partial charge in [0.15, 0.2) is 0 Å². The van der Waals surface area contributed by atoms with E-state index in [9.17, 15) is 0 Å². The Balaban J connectivity index is 2.14. The number of terminal acetylenes is 1.